The zero-order valence-corrected chi connectivity index (χ0v) is 17.0. The molecule has 0 radical (unpaired) electrons. The molecule has 1 saturated carbocycles. The number of hydrogen-bond donors (Lipinski definition) is 1. The van der Waals surface area contributed by atoms with Crippen molar-refractivity contribution in [2.75, 3.05) is 32.8 Å². The molecule has 1 amide bonds. The second-order valence-electron chi connectivity index (χ2n) is 8.24. The molecule has 0 spiro atoms. The number of carbonyl (C=O) groups is 1. The van der Waals surface area contributed by atoms with E-state index in [2.05, 4.69) is 29.2 Å². The van der Waals surface area contributed by atoms with Gasteiger partial charge in [0.2, 0.25) is 5.91 Å². The molecule has 2 N–H and O–H groups in total. The highest BCUT2D eigenvalue weighted by atomic mass is 16.5. The van der Waals surface area contributed by atoms with Crippen LogP contribution in [0.25, 0.3) is 0 Å². The maximum atomic E-state index is 12.9. The Bertz CT molecular complexity index is 782. The number of nitrogens with two attached hydrogens (primary N) is 1. The molecule has 5 nitrogen and oxygen atoms in total. The fourth-order valence-electron chi connectivity index (χ4n) is 4.55. The van der Waals surface area contributed by atoms with E-state index in [1.807, 2.05) is 41.3 Å². The van der Waals surface area contributed by atoms with Crippen LogP contribution in [0.3, 0.4) is 0 Å². The first-order valence-electron chi connectivity index (χ1n) is 10.7. The van der Waals surface area contributed by atoms with Crippen molar-refractivity contribution in [2.24, 2.45) is 5.73 Å². The Labute approximate surface area is 173 Å². The summed E-state index contributed by atoms with van der Waals surface area (Å²) in [6, 6.07) is 20.6. The molecule has 1 unspecified atom stereocenters. The van der Waals surface area contributed by atoms with E-state index in [0.29, 0.717) is 6.61 Å². The summed E-state index contributed by atoms with van der Waals surface area (Å²) in [5, 5.41) is 0. The lowest BCUT2D eigenvalue weighted by molar-refractivity contribution is -0.139. The maximum Gasteiger partial charge on any atom is 0.242 e. The largest absolute Gasteiger partial charge is 0.492 e. The van der Waals surface area contributed by atoms with Crippen LogP contribution in [0.2, 0.25) is 0 Å². The van der Waals surface area contributed by atoms with Crippen LogP contribution in [0.5, 0.6) is 5.75 Å². The van der Waals surface area contributed by atoms with Gasteiger partial charge in [0.15, 0.2) is 0 Å². The van der Waals surface area contributed by atoms with Gasteiger partial charge in [0.25, 0.3) is 0 Å². The zero-order chi connectivity index (χ0) is 20.1. The van der Waals surface area contributed by atoms with Gasteiger partial charge in [-0.2, -0.15) is 0 Å². The van der Waals surface area contributed by atoms with Crippen molar-refractivity contribution < 1.29 is 9.53 Å². The topological polar surface area (TPSA) is 58.8 Å². The van der Waals surface area contributed by atoms with E-state index in [0.717, 1.165) is 57.6 Å². The summed E-state index contributed by atoms with van der Waals surface area (Å²) in [6.07, 6.45) is 3.78. The molecule has 154 valence electrons. The minimum atomic E-state index is -0.628. The monoisotopic (exact) mass is 393 g/mol. The molecule has 4 rings (SSSR count). The summed E-state index contributed by atoms with van der Waals surface area (Å²) >= 11 is 0. The van der Waals surface area contributed by atoms with Crippen LogP contribution in [0, 0.1) is 0 Å². The van der Waals surface area contributed by atoms with E-state index in [4.69, 9.17) is 10.5 Å². The molecule has 2 fully saturated rings. The van der Waals surface area contributed by atoms with E-state index in [9.17, 15) is 4.79 Å². The Hall–Kier alpha value is -2.37. The van der Waals surface area contributed by atoms with Gasteiger partial charge < -0.3 is 15.4 Å². The SMILES string of the molecule is NC1(C(=O)N2CCN(C(COc3ccccc3)c3ccccc3)CC2)CCCC1. The predicted octanol–water partition coefficient (Wildman–Crippen LogP) is 3.22. The zero-order valence-electron chi connectivity index (χ0n) is 17.0. The summed E-state index contributed by atoms with van der Waals surface area (Å²) in [5.74, 6) is 1.03. The van der Waals surface area contributed by atoms with Gasteiger partial charge in [-0.3, -0.25) is 9.69 Å². The van der Waals surface area contributed by atoms with Crippen molar-refractivity contribution in [2.45, 2.75) is 37.3 Å². The molecule has 2 aliphatic rings. The molecule has 2 aromatic rings. The Morgan fingerprint density at radius 3 is 2.14 bits per heavy atom. The van der Waals surface area contributed by atoms with E-state index in [-0.39, 0.29) is 11.9 Å². The van der Waals surface area contributed by atoms with Gasteiger partial charge in [-0.15, -0.1) is 0 Å². The lowest BCUT2D eigenvalue weighted by Crippen LogP contribution is -2.59. The van der Waals surface area contributed by atoms with Crippen LogP contribution in [0.4, 0.5) is 0 Å². The number of amides is 1. The second-order valence-corrected chi connectivity index (χ2v) is 8.24. The number of ether oxygens (including phenoxy) is 1. The van der Waals surface area contributed by atoms with Gasteiger partial charge in [0.1, 0.15) is 12.4 Å². The number of rotatable bonds is 6. The standard InChI is InChI=1S/C24H31N3O2/c25-24(13-7-8-14-24)23(28)27-17-15-26(16-18-27)22(20-9-3-1-4-10-20)19-29-21-11-5-2-6-12-21/h1-6,9-12,22H,7-8,13-19,25H2. The fraction of sp³-hybridized carbons (Fsp3) is 0.458. The van der Waals surface area contributed by atoms with Gasteiger partial charge in [0.05, 0.1) is 11.6 Å². The normalized spacial score (nSPS) is 20.4. The fourth-order valence-corrected chi connectivity index (χ4v) is 4.55. The highest BCUT2D eigenvalue weighted by molar-refractivity contribution is 5.86. The molecule has 1 heterocycles. The third kappa shape index (κ3) is 4.62. The summed E-state index contributed by atoms with van der Waals surface area (Å²) in [4.78, 5) is 17.3. The van der Waals surface area contributed by atoms with Crippen LogP contribution in [0.1, 0.15) is 37.3 Å². The Kier molecular flexibility index (Phi) is 6.16. The Morgan fingerprint density at radius 2 is 1.52 bits per heavy atom. The van der Waals surface area contributed by atoms with Crippen LogP contribution < -0.4 is 10.5 Å². The first-order valence-corrected chi connectivity index (χ1v) is 10.7. The molecular formula is C24H31N3O2. The number of carbonyl (C=O) groups excluding carboxylic acids is 1. The molecule has 29 heavy (non-hydrogen) atoms. The first kappa shape index (κ1) is 19.9. The summed E-state index contributed by atoms with van der Waals surface area (Å²) in [5.41, 5.74) is 7.02. The second kappa shape index (κ2) is 8.97. The van der Waals surface area contributed by atoms with Gasteiger partial charge in [0, 0.05) is 26.2 Å². The molecule has 5 heteroatoms. The molecular weight excluding hydrogens is 362 g/mol. The maximum absolute atomic E-state index is 12.9. The molecule has 1 saturated heterocycles. The summed E-state index contributed by atoms with van der Waals surface area (Å²) < 4.78 is 6.11. The lowest BCUT2D eigenvalue weighted by atomic mass is 9.96. The smallest absolute Gasteiger partial charge is 0.242 e. The van der Waals surface area contributed by atoms with Crippen molar-refractivity contribution in [1.29, 1.82) is 0 Å². The van der Waals surface area contributed by atoms with Crippen LogP contribution in [-0.2, 0) is 4.79 Å². The number of piperazine rings is 1. The number of benzene rings is 2. The summed E-state index contributed by atoms with van der Waals surface area (Å²) in [7, 11) is 0. The molecule has 0 aromatic heterocycles. The van der Waals surface area contributed by atoms with Crippen molar-refractivity contribution in [3.63, 3.8) is 0 Å². The first-order chi connectivity index (χ1) is 14.2. The van der Waals surface area contributed by atoms with E-state index >= 15 is 0 Å². The number of hydrogen-bond acceptors (Lipinski definition) is 4. The molecule has 0 bridgehead atoms. The highest BCUT2D eigenvalue weighted by Crippen LogP contribution is 2.30. The summed E-state index contributed by atoms with van der Waals surface area (Å²) in [6.45, 7) is 3.71. The van der Waals surface area contributed by atoms with E-state index in [1.165, 1.54) is 5.56 Å². The van der Waals surface area contributed by atoms with E-state index < -0.39 is 5.54 Å². The Morgan fingerprint density at radius 1 is 0.931 bits per heavy atom. The van der Waals surface area contributed by atoms with Crippen LogP contribution >= 0.6 is 0 Å². The van der Waals surface area contributed by atoms with E-state index in [1.54, 1.807) is 0 Å². The molecule has 1 aliphatic heterocycles. The molecule has 2 aromatic carbocycles. The van der Waals surface area contributed by atoms with Crippen molar-refractivity contribution >= 4 is 5.91 Å². The Balaban J connectivity index is 1.41. The van der Waals surface area contributed by atoms with Crippen molar-refractivity contribution in [3.8, 4) is 5.75 Å². The van der Waals surface area contributed by atoms with Gasteiger partial charge in [-0.1, -0.05) is 61.4 Å². The number of nitrogens with zero attached hydrogens (tertiary/aromatic N) is 2. The highest BCUT2D eigenvalue weighted by Gasteiger charge is 2.41. The van der Waals surface area contributed by atoms with Crippen molar-refractivity contribution in [1.82, 2.24) is 9.80 Å². The number of para-hydroxylation sites is 1. The quantitative estimate of drug-likeness (QED) is 0.819. The lowest BCUT2D eigenvalue weighted by Gasteiger charge is -2.41. The third-order valence-electron chi connectivity index (χ3n) is 6.30. The van der Waals surface area contributed by atoms with Crippen molar-refractivity contribution in [3.05, 3.63) is 66.2 Å². The average Bonchev–Trinajstić information content (AvgIpc) is 3.23. The van der Waals surface area contributed by atoms with Gasteiger partial charge in [-0.05, 0) is 30.5 Å². The molecule has 1 atom stereocenters. The van der Waals surface area contributed by atoms with Crippen LogP contribution in [0.15, 0.2) is 60.7 Å². The minimum absolute atomic E-state index is 0.145. The van der Waals surface area contributed by atoms with Gasteiger partial charge >= 0.3 is 0 Å². The average molecular weight is 394 g/mol. The molecule has 1 aliphatic carbocycles. The van der Waals surface area contributed by atoms with Crippen LogP contribution in [-0.4, -0.2) is 54.0 Å². The predicted molar refractivity (Wildman–Crippen MR) is 115 cm³/mol. The third-order valence-corrected chi connectivity index (χ3v) is 6.30. The van der Waals surface area contributed by atoms with Gasteiger partial charge in [-0.25, -0.2) is 0 Å². The minimum Gasteiger partial charge on any atom is -0.492 e.